The molecule has 2 heterocycles. The first-order valence-electron chi connectivity index (χ1n) is 11.5. The lowest BCUT2D eigenvalue weighted by Gasteiger charge is -2.35. The quantitative estimate of drug-likeness (QED) is 0.636. The van der Waals surface area contributed by atoms with E-state index in [-0.39, 0.29) is 30.1 Å². The first-order valence-corrected chi connectivity index (χ1v) is 11.5. The average molecular weight is 478 g/mol. The fourth-order valence-corrected chi connectivity index (χ4v) is 4.80. The maximum atomic E-state index is 14.1. The van der Waals surface area contributed by atoms with Crippen LogP contribution in [0.3, 0.4) is 0 Å². The van der Waals surface area contributed by atoms with Crippen molar-refractivity contribution in [2.75, 3.05) is 31.5 Å². The maximum Gasteiger partial charge on any atom is 0.401 e. The summed E-state index contributed by atoms with van der Waals surface area (Å²) in [6.07, 6.45) is -2.46. The van der Waals surface area contributed by atoms with Gasteiger partial charge in [0.15, 0.2) is 0 Å². The molecule has 0 bridgehead atoms. The molecule has 2 aliphatic heterocycles. The van der Waals surface area contributed by atoms with Gasteiger partial charge in [-0.25, -0.2) is 4.39 Å². The van der Waals surface area contributed by atoms with Crippen LogP contribution in [-0.4, -0.2) is 60.0 Å². The second-order valence-electron chi connectivity index (χ2n) is 8.89. The molecule has 9 heteroatoms. The number of amides is 2. The fourth-order valence-electron chi connectivity index (χ4n) is 4.80. The molecule has 2 aromatic rings. The molecule has 0 aliphatic carbocycles. The highest BCUT2D eigenvalue weighted by atomic mass is 19.4. The van der Waals surface area contributed by atoms with Crippen LogP contribution in [0.5, 0.6) is 0 Å². The molecule has 0 radical (unpaired) electrons. The number of likely N-dealkylation sites (tertiary alicyclic amines) is 2. The van der Waals surface area contributed by atoms with Crippen molar-refractivity contribution >= 4 is 17.5 Å². The predicted molar refractivity (Wildman–Crippen MR) is 120 cm³/mol. The van der Waals surface area contributed by atoms with Crippen LogP contribution < -0.4 is 5.32 Å². The third kappa shape index (κ3) is 5.75. The molecule has 0 aromatic heterocycles. The van der Waals surface area contributed by atoms with Crippen LogP contribution in [0.1, 0.15) is 25.7 Å². The van der Waals surface area contributed by atoms with Crippen LogP contribution in [0.4, 0.5) is 23.2 Å². The maximum absolute atomic E-state index is 14.1. The molecule has 2 fully saturated rings. The molecule has 1 N–H and O–H groups in total. The summed E-state index contributed by atoms with van der Waals surface area (Å²) in [6, 6.07) is 12.6. The van der Waals surface area contributed by atoms with Gasteiger partial charge in [0.05, 0.1) is 12.6 Å². The van der Waals surface area contributed by atoms with E-state index in [0.717, 1.165) is 0 Å². The summed E-state index contributed by atoms with van der Waals surface area (Å²) in [5, 5.41) is 2.88. The Hall–Kier alpha value is -2.94. The molecule has 5 nitrogen and oxygen atoms in total. The van der Waals surface area contributed by atoms with Crippen LogP contribution in [0.2, 0.25) is 0 Å². The summed E-state index contributed by atoms with van der Waals surface area (Å²) >= 11 is 0. The number of rotatable bonds is 5. The van der Waals surface area contributed by atoms with Gasteiger partial charge in [0.1, 0.15) is 5.82 Å². The van der Waals surface area contributed by atoms with Gasteiger partial charge in [0.25, 0.3) is 0 Å². The van der Waals surface area contributed by atoms with E-state index in [9.17, 15) is 27.2 Å². The molecule has 4 rings (SSSR count). The number of halogens is 4. The second kappa shape index (κ2) is 10.1. The zero-order valence-corrected chi connectivity index (χ0v) is 18.7. The first kappa shape index (κ1) is 24.2. The number of nitrogens with zero attached hydrogens (tertiary/aromatic N) is 2. The average Bonchev–Trinajstić information content (AvgIpc) is 3.25. The lowest BCUT2D eigenvalue weighted by Crippen LogP contribution is -2.51. The molecular formula is C25H27F4N3O2. The van der Waals surface area contributed by atoms with Gasteiger partial charge in [-0.3, -0.25) is 14.5 Å². The normalized spacial score (nSPS) is 19.9. The Bertz CT molecular complexity index is 1030. The number of nitrogens with one attached hydrogen (secondary N) is 1. The van der Waals surface area contributed by atoms with Crippen molar-refractivity contribution in [2.24, 2.45) is 5.92 Å². The number of alkyl halides is 3. The summed E-state index contributed by atoms with van der Waals surface area (Å²) < 4.78 is 52.6. The SMILES string of the molecule is O=C(Nc1cccc(-c2ccccc2F)c1)C1CCN(C(=O)C2CCCN2CC(F)(F)F)CC1. The number of carbonyl (C=O) groups is 2. The van der Waals surface area contributed by atoms with E-state index in [0.29, 0.717) is 55.6 Å². The Morgan fingerprint density at radius 2 is 1.71 bits per heavy atom. The molecule has 1 unspecified atom stereocenters. The Morgan fingerprint density at radius 1 is 0.971 bits per heavy atom. The van der Waals surface area contributed by atoms with E-state index < -0.39 is 18.8 Å². The number of benzene rings is 2. The largest absolute Gasteiger partial charge is 0.401 e. The third-order valence-electron chi connectivity index (χ3n) is 6.52. The summed E-state index contributed by atoms with van der Waals surface area (Å²) in [5.41, 5.74) is 1.64. The molecule has 1 atom stereocenters. The smallest absolute Gasteiger partial charge is 0.341 e. The fraction of sp³-hybridized carbons (Fsp3) is 0.440. The molecule has 2 saturated heterocycles. The number of anilines is 1. The Kier molecular flexibility index (Phi) is 7.21. The van der Waals surface area contributed by atoms with E-state index in [4.69, 9.17) is 0 Å². The predicted octanol–water partition coefficient (Wildman–Crippen LogP) is 4.70. The summed E-state index contributed by atoms with van der Waals surface area (Å²) in [6.45, 7) is -0.139. The Morgan fingerprint density at radius 3 is 2.41 bits per heavy atom. The molecule has 0 saturated carbocycles. The zero-order chi connectivity index (χ0) is 24.3. The highest BCUT2D eigenvalue weighted by molar-refractivity contribution is 5.93. The third-order valence-corrected chi connectivity index (χ3v) is 6.52. The lowest BCUT2D eigenvalue weighted by atomic mass is 9.95. The van der Waals surface area contributed by atoms with Gasteiger partial charge in [-0.1, -0.05) is 30.3 Å². The highest BCUT2D eigenvalue weighted by Gasteiger charge is 2.41. The molecule has 2 amide bonds. The molecule has 34 heavy (non-hydrogen) atoms. The number of hydrogen-bond donors (Lipinski definition) is 1. The minimum Gasteiger partial charge on any atom is -0.341 e. The van der Waals surface area contributed by atoms with E-state index in [1.54, 1.807) is 47.4 Å². The molecule has 2 aliphatic rings. The van der Waals surface area contributed by atoms with Crippen LogP contribution >= 0.6 is 0 Å². The molecular weight excluding hydrogens is 450 g/mol. The standard InChI is InChI=1S/C25H27F4N3O2/c26-21-8-2-1-7-20(21)18-5-3-6-19(15-18)30-23(33)17-10-13-31(14-11-17)24(34)22-9-4-12-32(22)16-25(27,28)29/h1-3,5-8,15,17,22H,4,9-14,16H2,(H,30,33). The van der Waals surface area contributed by atoms with Crippen molar-refractivity contribution in [3.63, 3.8) is 0 Å². The molecule has 2 aromatic carbocycles. The summed E-state index contributed by atoms with van der Waals surface area (Å²) in [7, 11) is 0. The van der Waals surface area contributed by atoms with Gasteiger partial charge in [-0.2, -0.15) is 13.2 Å². The van der Waals surface area contributed by atoms with Crippen LogP contribution in [0.25, 0.3) is 11.1 Å². The van der Waals surface area contributed by atoms with Gasteiger partial charge in [0, 0.05) is 30.3 Å². The van der Waals surface area contributed by atoms with Crippen molar-refractivity contribution in [3.05, 3.63) is 54.3 Å². The van der Waals surface area contributed by atoms with E-state index in [1.165, 1.54) is 11.0 Å². The van der Waals surface area contributed by atoms with Gasteiger partial charge in [0.2, 0.25) is 11.8 Å². The Balaban J connectivity index is 1.32. The molecule has 0 spiro atoms. The first-order chi connectivity index (χ1) is 16.2. The number of carbonyl (C=O) groups excluding carboxylic acids is 2. The van der Waals surface area contributed by atoms with Crippen LogP contribution in [0, 0.1) is 11.7 Å². The van der Waals surface area contributed by atoms with Gasteiger partial charge in [-0.05, 0) is 56.0 Å². The molecule has 182 valence electrons. The topological polar surface area (TPSA) is 52.7 Å². The highest BCUT2D eigenvalue weighted by Crippen LogP contribution is 2.28. The van der Waals surface area contributed by atoms with Crippen LogP contribution in [0.15, 0.2) is 48.5 Å². The van der Waals surface area contributed by atoms with Crippen molar-refractivity contribution in [1.29, 1.82) is 0 Å². The Labute approximate surface area is 195 Å². The van der Waals surface area contributed by atoms with Gasteiger partial charge < -0.3 is 10.2 Å². The van der Waals surface area contributed by atoms with E-state index >= 15 is 0 Å². The van der Waals surface area contributed by atoms with E-state index in [2.05, 4.69) is 5.32 Å². The summed E-state index contributed by atoms with van der Waals surface area (Å²) in [5.74, 6) is -1.12. The van der Waals surface area contributed by atoms with Crippen molar-refractivity contribution in [3.8, 4) is 11.1 Å². The minimum atomic E-state index is -4.34. The number of hydrogen-bond acceptors (Lipinski definition) is 3. The van der Waals surface area contributed by atoms with Crippen LogP contribution in [-0.2, 0) is 9.59 Å². The van der Waals surface area contributed by atoms with Crippen molar-refractivity contribution < 1.29 is 27.2 Å². The second-order valence-corrected chi connectivity index (χ2v) is 8.89. The lowest BCUT2D eigenvalue weighted by molar-refractivity contribution is -0.156. The van der Waals surface area contributed by atoms with Crippen molar-refractivity contribution in [1.82, 2.24) is 9.80 Å². The zero-order valence-electron chi connectivity index (χ0n) is 18.7. The van der Waals surface area contributed by atoms with Gasteiger partial charge in [-0.15, -0.1) is 0 Å². The monoisotopic (exact) mass is 477 g/mol. The number of piperidine rings is 1. The summed E-state index contributed by atoms with van der Waals surface area (Å²) in [4.78, 5) is 28.4. The van der Waals surface area contributed by atoms with Crippen molar-refractivity contribution in [2.45, 2.75) is 37.9 Å². The van der Waals surface area contributed by atoms with E-state index in [1.807, 2.05) is 0 Å². The van der Waals surface area contributed by atoms with Gasteiger partial charge >= 0.3 is 6.18 Å². The minimum absolute atomic E-state index is 0.183.